The van der Waals surface area contributed by atoms with Gasteiger partial charge < -0.3 is 0 Å². The van der Waals surface area contributed by atoms with Crippen LogP contribution in [0.3, 0.4) is 0 Å². The summed E-state index contributed by atoms with van der Waals surface area (Å²) in [4.78, 5) is 0.518. The van der Waals surface area contributed by atoms with Crippen molar-refractivity contribution in [1.82, 2.24) is 0 Å². The average Bonchev–Trinajstić information content (AvgIpc) is 2.29. The summed E-state index contributed by atoms with van der Waals surface area (Å²) in [6, 6.07) is 7.31. The minimum Gasteiger partial charge on any atom is -0.223 e. The van der Waals surface area contributed by atoms with Gasteiger partial charge in [0.15, 0.2) is 9.84 Å². The van der Waals surface area contributed by atoms with Crippen LogP contribution in [0, 0.1) is 18.8 Å². The lowest BCUT2D eigenvalue weighted by atomic mass is 9.65. The predicted molar refractivity (Wildman–Crippen MR) is 67.6 cm³/mol. The molecule has 3 heteroatoms. The van der Waals surface area contributed by atoms with Crippen molar-refractivity contribution in [3.63, 3.8) is 0 Å². The quantitative estimate of drug-likeness (QED) is 0.808. The maximum Gasteiger partial charge on any atom is 0.181 e. The molecule has 92 valence electrons. The monoisotopic (exact) mass is 250 g/mol. The maximum absolute atomic E-state index is 12.5. The molecule has 2 nitrogen and oxygen atoms in total. The Balaban J connectivity index is 1.94. The van der Waals surface area contributed by atoms with E-state index in [1.165, 1.54) is 6.42 Å². The van der Waals surface area contributed by atoms with E-state index in [-0.39, 0.29) is 5.25 Å². The van der Waals surface area contributed by atoms with Gasteiger partial charge in [-0.15, -0.1) is 0 Å². The first-order valence-electron chi connectivity index (χ1n) is 6.39. The number of hydrogen-bond acceptors (Lipinski definition) is 2. The number of benzene rings is 1. The molecule has 2 bridgehead atoms. The van der Waals surface area contributed by atoms with E-state index in [9.17, 15) is 8.42 Å². The number of aryl methyl sites for hydroxylation is 1. The topological polar surface area (TPSA) is 34.1 Å². The highest BCUT2D eigenvalue weighted by Gasteiger charge is 2.50. The normalized spacial score (nSPS) is 31.9. The second-order valence-electron chi connectivity index (χ2n) is 5.51. The van der Waals surface area contributed by atoms with E-state index in [2.05, 4.69) is 0 Å². The summed E-state index contributed by atoms with van der Waals surface area (Å²) in [6.45, 7) is 1.98. The lowest BCUT2D eigenvalue weighted by Gasteiger charge is -2.48. The Labute approximate surface area is 103 Å². The van der Waals surface area contributed by atoms with Gasteiger partial charge in [-0.1, -0.05) is 24.1 Å². The Morgan fingerprint density at radius 3 is 2.18 bits per heavy atom. The van der Waals surface area contributed by atoms with Gasteiger partial charge in [0.25, 0.3) is 0 Å². The largest absolute Gasteiger partial charge is 0.223 e. The van der Waals surface area contributed by atoms with Gasteiger partial charge in [-0.25, -0.2) is 8.42 Å². The molecule has 0 spiro atoms. The lowest BCUT2D eigenvalue weighted by Crippen LogP contribution is -2.50. The fourth-order valence-corrected chi connectivity index (χ4v) is 5.78. The zero-order chi connectivity index (χ0) is 12.0. The van der Waals surface area contributed by atoms with Gasteiger partial charge in [-0.3, -0.25) is 0 Å². The van der Waals surface area contributed by atoms with Crippen LogP contribution in [-0.4, -0.2) is 13.7 Å². The van der Waals surface area contributed by atoms with Crippen molar-refractivity contribution in [3.05, 3.63) is 29.8 Å². The molecule has 2 aliphatic rings. The Morgan fingerprint density at radius 1 is 1.06 bits per heavy atom. The minimum absolute atomic E-state index is 0.0843. The molecule has 2 atom stereocenters. The van der Waals surface area contributed by atoms with Crippen molar-refractivity contribution in [2.24, 2.45) is 11.8 Å². The predicted octanol–water partition coefficient (Wildman–Crippen LogP) is 2.96. The van der Waals surface area contributed by atoms with Gasteiger partial charge in [0.1, 0.15) is 0 Å². The lowest BCUT2D eigenvalue weighted by molar-refractivity contribution is 0.121. The van der Waals surface area contributed by atoms with Gasteiger partial charge in [-0.05, 0) is 50.2 Å². The molecule has 0 radical (unpaired) electrons. The van der Waals surface area contributed by atoms with Crippen LogP contribution < -0.4 is 0 Å². The van der Waals surface area contributed by atoms with E-state index in [0.29, 0.717) is 16.7 Å². The van der Waals surface area contributed by atoms with Crippen LogP contribution in [0.2, 0.25) is 0 Å². The number of rotatable bonds is 2. The van der Waals surface area contributed by atoms with Crippen molar-refractivity contribution in [2.75, 3.05) is 0 Å². The molecular weight excluding hydrogens is 232 g/mol. The number of hydrogen-bond donors (Lipinski definition) is 0. The maximum atomic E-state index is 12.5. The highest BCUT2D eigenvalue weighted by Crippen LogP contribution is 2.50. The first-order valence-corrected chi connectivity index (χ1v) is 7.94. The minimum atomic E-state index is -3.08. The second-order valence-corrected chi connectivity index (χ2v) is 7.62. The third-order valence-electron chi connectivity index (χ3n) is 4.39. The van der Waals surface area contributed by atoms with Crippen LogP contribution in [0.5, 0.6) is 0 Å². The van der Waals surface area contributed by atoms with Crippen LogP contribution >= 0.6 is 0 Å². The Hall–Kier alpha value is -0.830. The van der Waals surface area contributed by atoms with E-state index in [1.54, 1.807) is 12.1 Å². The van der Waals surface area contributed by atoms with E-state index in [4.69, 9.17) is 0 Å². The third-order valence-corrected chi connectivity index (χ3v) is 6.81. The molecule has 0 amide bonds. The van der Waals surface area contributed by atoms with Gasteiger partial charge >= 0.3 is 0 Å². The Morgan fingerprint density at radius 2 is 1.65 bits per heavy atom. The molecule has 2 aliphatic carbocycles. The zero-order valence-corrected chi connectivity index (χ0v) is 10.9. The molecule has 1 aromatic rings. The molecule has 0 aliphatic heterocycles. The summed E-state index contributed by atoms with van der Waals surface area (Å²) in [5.41, 5.74) is 1.11. The molecular formula is C14H18O2S. The Kier molecular flexibility index (Phi) is 2.54. The molecule has 0 unspecified atom stereocenters. The second kappa shape index (κ2) is 3.84. The standard InChI is InChI=1S/C14H18O2S/c1-10-5-7-13(8-6-10)17(15,16)14-11-3-2-4-12(14)9-11/h5-8,11-12,14H,2-4,9H2,1H3/t11-,12-/m0/s1. The van der Waals surface area contributed by atoms with Gasteiger partial charge in [-0.2, -0.15) is 0 Å². The van der Waals surface area contributed by atoms with Crippen LogP contribution in [0.25, 0.3) is 0 Å². The summed E-state index contributed by atoms with van der Waals surface area (Å²) < 4.78 is 25.1. The van der Waals surface area contributed by atoms with Crippen LogP contribution in [0.4, 0.5) is 0 Å². The summed E-state index contributed by atoms with van der Waals surface area (Å²) in [5, 5.41) is -0.0843. The van der Waals surface area contributed by atoms with Crippen LogP contribution in [0.1, 0.15) is 31.2 Å². The van der Waals surface area contributed by atoms with Crippen molar-refractivity contribution in [2.45, 2.75) is 42.8 Å². The van der Waals surface area contributed by atoms with Crippen LogP contribution in [-0.2, 0) is 9.84 Å². The highest BCUT2D eigenvalue weighted by molar-refractivity contribution is 7.92. The fourth-order valence-electron chi connectivity index (χ4n) is 3.44. The average molecular weight is 250 g/mol. The highest BCUT2D eigenvalue weighted by atomic mass is 32.2. The van der Waals surface area contributed by atoms with Gasteiger partial charge in [0.05, 0.1) is 10.1 Å². The molecule has 2 saturated carbocycles. The fraction of sp³-hybridized carbons (Fsp3) is 0.571. The third kappa shape index (κ3) is 1.71. The summed E-state index contributed by atoms with van der Waals surface area (Å²) >= 11 is 0. The summed E-state index contributed by atoms with van der Waals surface area (Å²) in [7, 11) is -3.08. The SMILES string of the molecule is Cc1ccc(S(=O)(=O)C2[C@H]3CCC[C@H]2C3)cc1. The summed E-state index contributed by atoms with van der Waals surface area (Å²) in [5.74, 6) is 0.861. The zero-order valence-electron chi connectivity index (χ0n) is 10.1. The Bertz CT molecular complexity index is 502. The summed E-state index contributed by atoms with van der Waals surface area (Å²) in [6.07, 6.45) is 4.56. The first kappa shape index (κ1) is 11.3. The molecule has 0 aromatic heterocycles. The van der Waals surface area contributed by atoms with E-state index in [0.717, 1.165) is 24.8 Å². The number of fused-ring (bicyclic) bond motifs is 2. The molecule has 1 aromatic carbocycles. The van der Waals surface area contributed by atoms with Gasteiger partial charge in [0.2, 0.25) is 0 Å². The molecule has 3 rings (SSSR count). The van der Waals surface area contributed by atoms with E-state index < -0.39 is 9.84 Å². The van der Waals surface area contributed by atoms with Crippen molar-refractivity contribution < 1.29 is 8.42 Å². The van der Waals surface area contributed by atoms with E-state index >= 15 is 0 Å². The van der Waals surface area contributed by atoms with E-state index in [1.807, 2.05) is 19.1 Å². The molecule has 0 saturated heterocycles. The number of sulfone groups is 1. The molecule has 0 N–H and O–H groups in total. The molecule has 0 heterocycles. The van der Waals surface area contributed by atoms with Crippen molar-refractivity contribution in [1.29, 1.82) is 0 Å². The smallest absolute Gasteiger partial charge is 0.181 e. The molecule has 17 heavy (non-hydrogen) atoms. The van der Waals surface area contributed by atoms with Crippen molar-refractivity contribution in [3.8, 4) is 0 Å². The first-order chi connectivity index (χ1) is 8.09. The van der Waals surface area contributed by atoms with Gasteiger partial charge in [0, 0.05) is 0 Å². The van der Waals surface area contributed by atoms with Crippen molar-refractivity contribution >= 4 is 9.84 Å². The van der Waals surface area contributed by atoms with Crippen LogP contribution in [0.15, 0.2) is 29.2 Å². The molecule has 2 fully saturated rings.